The molecule has 1 aliphatic heterocycles. The number of rotatable bonds is 7. The Balaban J connectivity index is 1.53. The molecule has 0 radical (unpaired) electrons. The molecule has 7 nitrogen and oxygen atoms in total. The third kappa shape index (κ3) is 5.39. The van der Waals surface area contributed by atoms with Crippen molar-refractivity contribution in [3.05, 3.63) is 59.2 Å². The minimum absolute atomic E-state index is 0.106. The number of nitriles is 1. The van der Waals surface area contributed by atoms with Gasteiger partial charge in [0.05, 0.1) is 19.6 Å². The molecule has 7 heteroatoms. The van der Waals surface area contributed by atoms with Gasteiger partial charge in [-0.1, -0.05) is 12.1 Å². The van der Waals surface area contributed by atoms with Crippen molar-refractivity contribution in [1.82, 2.24) is 0 Å². The summed E-state index contributed by atoms with van der Waals surface area (Å²) in [7, 11) is 1.56. The molecule has 2 aromatic rings. The summed E-state index contributed by atoms with van der Waals surface area (Å²) < 4.78 is 16.1. The largest absolute Gasteiger partial charge is 0.496 e. The maximum atomic E-state index is 12.0. The lowest BCUT2D eigenvalue weighted by Gasteiger charge is -2.08. The number of nitrogens with one attached hydrogen (secondary N) is 1. The summed E-state index contributed by atoms with van der Waals surface area (Å²) >= 11 is 0. The Morgan fingerprint density at radius 1 is 1.30 bits per heavy atom. The van der Waals surface area contributed by atoms with Gasteiger partial charge in [0.15, 0.2) is 6.61 Å². The van der Waals surface area contributed by atoms with Gasteiger partial charge in [-0.2, -0.15) is 5.26 Å². The van der Waals surface area contributed by atoms with E-state index in [0.29, 0.717) is 23.4 Å². The Bertz CT molecular complexity index is 1010. The highest BCUT2D eigenvalue weighted by Crippen LogP contribution is 2.35. The zero-order valence-corrected chi connectivity index (χ0v) is 16.8. The van der Waals surface area contributed by atoms with E-state index in [-0.39, 0.29) is 6.10 Å². The highest BCUT2D eigenvalue weighted by Gasteiger charge is 2.21. The second kappa shape index (κ2) is 9.61. The van der Waals surface area contributed by atoms with Crippen molar-refractivity contribution in [3.63, 3.8) is 0 Å². The number of fused-ring (bicyclic) bond motifs is 1. The van der Waals surface area contributed by atoms with Crippen molar-refractivity contribution in [2.45, 2.75) is 25.9 Å². The number of hydrogen-bond acceptors (Lipinski definition) is 6. The van der Waals surface area contributed by atoms with Crippen LogP contribution in [0, 0.1) is 11.3 Å². The standard InChI is InChI=1S/C23H22N2O5/c1-15-11-18-13-20(28-2)17(12-21(18)30-15)5-8-23(27)29-14-22(26)25-19-6-3-16(4-7-19)9-10-24/h3-8,12-13,15H,9,11,14H2,1-2H3,(H,25,26)/b8-5+/t15-/m0/s1. The quantitative estimate of drug-likeness (QED) is 0.560. The molecule has 1 N–H and O–H groups in total. The van der Waals surface area contributed by atoms with Crippen molar-refractivity contribution in [1.29, 1.82) is 5.26 Å². The lowest BCUT2D eigenvalue weighted by Crippen LogP contribution is -2.20. The Kier molecular flexibility index (Phi) is 6.71. The maximum Gasteiger partial charge on any atom is 0.331 e. The van der Waals surface area contributed by atoms with Crippen LogP contribution in [0.1, 0.15) is 23.6 Å². The summed E-state index contributed by atoms with van der Waals surface area (Å²) in [4.78, 5) is 23.9. The molecule has 1 aliphatic rings. The molecule has 1 atom stereocenters. The molecule has 0 spiro atoms. The van der Waals surface area contributed by atoms with E-state index in [4.69, 9.17) is 19.5 Å². The van der Waals surface area contributed by atoms with E-state index in [9.17, 15) is 9.59 Å². The molecule has 2 aromatic carbocycles. The lowest BCUT2D eigenvalue weighted by atomic mass is 10.1. The average Bonchev–Trinajstić information content (AvgIpc) is 3.10. The molecule has 0 aromatic heterocycles. The second-order valence-electron chi connectivity index (χ2n) is 6.86. The van der Waals surface area contributed by atoms with Crippen LogP contribution in [0.3, 0.4) is 0 Å². The zero-order chi connectivity index (χ0) is 21.5. The highest BCUT2D eigenvalue weighted by atomic mass is 16.5. The van der Waals surface area contributed by atoms with Crippen LogP contribution in [0.2, 0.25) is 0 Å². The summed E-state index contributed by atoms with van der Waals surface area (Å²) in [5.41, 5.74) is 3.17. The van der Waals surface area contributed by atoms with Crippen LogP contribution in [-0.2, 0) is 27.2 Å². The molecule has 1 heterocycles. The molecule has 30 heavy (non-hydrogen) atoms. The number of methoxy groups -OCH3 is 1. The first kappa shape index (κ1) is 20.9. The van der Waals surface area contributed by atoms with Crippen molar-refractivity contribution in [3.8, 4) is 17.6 Å². The van der Waals surface area contributed by atoms with Crippen LogP contribution in [0.4, 0.5) is 5.69 Å². The van der Waals surface area contributed by atoms with Crippen molar-refractivity contribution in [2.24, 2.45) is 0 Å². The summed E-state index contributed by atoms with van der Waals surface area (Å²) in [5, 5.41) is 11.3. The monoisotopic (exact) mass is 406 g/mol. The summed E-state index contributed by atoms with van der Waals surface area (Å²) in [6.07, 6.45) is 4.04. The van der Waals surface area contributed by atoms with Gasteiger partial charge in [-0.3, -0.25) is 4.79 Å². The van der Waals surface area contributed by atoms with Crippen LogP contribution in [0.25, 0.3) is 6.08 Å². The van der Waals surface area contributed by atoms with E-state index >= 15 is 0 Å². The van der Waals surface area contributed by atoms with Crippen LogP contribution in [-0.4, -0.2) is 31.7 Å². The summed E-state index contributed by atoms with van der Waals surface area (Å²) in [5.74, 6) is 0.304. The first-order valence-corrected chi connectivity index (χ1v) is 9.46. The molecule has 0 saturated carbocycles. The van der Waals surface area contributed by atoms with E-state index in [2.05, 4.69) is 11.4 Å². The first-order valence-electron chi connectivity index (χ1n) is 9.46. The van der Waals surface area contributed by atoms with Crippen molar-refractivity contribution < 1.29 is 23.8 Å². The van der Waals surface area contributed by atoms with Gasteiger partial charge in [0.1, 0.15) is 17.6 Å². The van der Waals surface area contributed by atoms with Crippen molar-refractivity contribution in [2.75, 3.05) is 19.0 Å². The Morgan fingerprint density at radius 2 is 2.07 bits per heavy atom. The molecular weight excluding hydrogens is 384 g/mol. The Labute approximate surface area is 174 Å². The third-order valence-electron chi connectivity index (χ3n) is 4.51. The fourth-order valence-electron chi connectivity index (χ4n) is 3.10. The predicted molar refractivity (Wildman–Crippen MR) is 111 cm³/mol. The number of ether oxygens (including phenoxy) is 3. The summed E-state index contributed by atoms with van der Waals surface area (Å²) in [6.45, 7) is 1.58. The van der Waals surface area contributed by atoms with E-state index in [1.54, 1.807) is 37.5 Å². The molecule has 0 saturated heterocycles. The third-order valence-corrected chi connectivity index (χ3v) is 4.51. The molecule has 0 unspecified atom stereocenters. The van der Waals surface area contributed by atoms with E-state index in [1.807, 2.05) is 19.1 Å². The van der Waals surface area contributed by atoms with Gasteiger partial charge < -0.3 is 19.5 Å². The first-order chi connectivity index (χ1) is 14.5. The van der Waals surface area contributed by atoms with Gasteiger partial charge >= 0.3 is 5.97 Å². The molecular formula is C23H22N2O5. The van der Waals surface area contributed by atoms with Crippen LogP contribution in [0.15, 0.2) is 42.5 Å². The lowest BCUT2D eigenvalue weighted by molar-refractivity contribution is -0.142. The van der Waals surface area contributed by atoms with Gasteiger partial charge in [0.2, 0.25) is 0 Å². The fraction of sp³-hybridized carbons (Fsp3) is 0.261. The SMILES string of the molecule is COc1cc2c(cc1/C=C/C(=O)OCC(=O)Nc1ccc(CC#N)cc1)O[C@@H](C)C2. The van der Waals surface area contributed by atoms with Gasteiger partial charge in [-0.25, -0.2) is 4.79 Å². The molecule has 0 aliphatic carbocycles. The van der Waals surface area contributed by atoms with Crippen LogP contribution in [0.5, 0.6) is 11.5 Å². The van der Waals surface area contributed by atoms with E-state index in [0.717, 1.165) is 23.3 Å². The average molecular weight is 406 g/mol. The number of amides is 1. The number of nitrogens with zero attached hydrogens (tertiary/aromatic N) is 1. The van der Waals surface area contributed by atoms with Crippen LogP contribution < -0.4 is 14.8 Å². The normalized spacial score (nSPS) is 14.5. The Hall–Kier alpha value is -3.79. The van der Waals surface area contributed by atoms with Gasteiger partial charge in [0, 0.05) is 29.3 Å². The highest BCUT2D eigenvalue weighted by molar-refractivity contribution is 5.94. The number of hydrogen-bond donors (Lipinski definition) is 1. The van der Waals surface area contributed by atoms with Crippen LogP contribution >= 0.6 is 0 Å². The van der Waals surface area contributed by atoms with Crippen molar-refractivity contribution >= 4 is 23.6 Å². The number of carbonyl (C=O) groups is 2. The fourth-order valence-corrected chi connectivity index (χ4v) is 3.10. The number of esters is 1. The molecule has 1 amide bonds. The minimum atomic E-state index is -0.647. The molecule has 0 bridgehead atoms. The maximum absolute atomic E-state index is 12.0. The molecule has 0 fully saturated rings. The van der Waals surface area contributed by atoms with E-state index in [1.165, 1.54) is 6.08 Å². The topological polar surface area (TPSA) is 97.6 Å². The predicted octanol–water partition coefficient (Wildman–Crippen LogP) is 3.28. The molecule has 154 valence electrons. The smallest absolute Gasteiger partial charge is 0.331 e. The second-order valence-corrected chi connectivity index (χ2v) is 6.86. The van der Waals surface area contributed by atoms with Gasteiger partial charge in [-0.05, 0) is 42.8 Å². The Morgan fingerprint density at radius 3 is 2.77 bits per heavy atom. The number of anilines is 1. The van der Waals surface area contributed by atoms with Gasteiger partial charge in [0.25, 0.3) is 5.91 Å². The summed E-state index contributed by atoms with van der Waals surface area (Å²) in [6, 6.07) is 12.7. The van der Waals surface area contributed by atoms with Gasteiger partial charge in [-0.15, -0.1) is 0 Å². The minimum Gasteiger partial charge on any atom is -0.496 e. The number of carbonyl (C=O) groups excluding carboxylic acids is 2. The molecule has 3 rings (SSSR count). The number of benzene rings is 2. The zero-order valence-electron chi connectivity index (χ0n) is 16.8. The van der Waals surface area contributed by atoms with E-state index < -0.39 is 18.5 Å².